The summed E-state index contributed by atoms with van der Waals surface area (Å²) in [5.41, 5.74) is 9.80. The maximum absolute atomic E-state index is 5.58. The number of nitrogens with two attached hydrogens (primary N) is 1. The zero-order valence-corrected chi connectivity index (χ0v) is 11.0. The van der Waals surface area contributed by atoms with Crippen molar-refractivity contribution < 1.29 is 0 Å². The van der Waals surface area contributed by atoms with E-state index in [1.54, 1.807) is 12.4 Å². The number of aromatic nitrogens is 2. The van der Waals surface area contributed by atoms with Crippen LogP contribution in [0.15, 0.2) is 67.0 Å². The van der Waals surface area contributed by atoms with Crippen LogP contribution in [0.5, 0.6) is 0 Å². The predicted molar refractivity (Wildman–Crippen MR) is 81.1 cm³/mol. The zero-order valence-electron chi connectivity index (χ0n) is 11.0. The van der Waals surface area contributed by atoms with E-state index >= 15 is 0 Å². The van der Waals surface area contributed by atoms with Crippen LogP contribution in [-0.2, 0) is 6.42 Å². The van der Waals surface area contributed by atoms with E-state index in [0.29, 0.717) is 5.69 Å². The van der Waals surface area contributed by atoms with Crippen LogP contribution in [0, 0.1) is 0 Å². The second-order valence-electron chi connectivity index (χ2n) is 4.67. The van der Waals surface area contributed by atoms with Crippen LogP contribution in [0.25, 0.3) is 11.1 Å². The van der Waals surface area contributed by atoms with E-state index in [1.165, 1.54) is 16.7 Å². The third kappa shape index (κ3) is 2.83. The van der Waals surface area contributed by atoms with Crippen molar-refractivity contribution in [1.29, 1.82) is 0 Å². The molecule has 0 aliphatic carbocycles. The maximum Gasteiger partial charge on any atom is 0.132 e. The van der Waals surface area contributed by atoms with Crippen molar-refractivity contribution in [3.63, 3.8) is 0 Å². The molecule has 20 heavy (non-hydrogen) atoms. The number of hydrogen-bond donors (Lipinski definition) is 1. The van der Waals surface area contributed by atoms with E-state index in [-0.39, 0.29) is 0 Å². The third-order valence-corrected chi connectivity index (χ3v) is 3.15. The summed E-state index contributed by atoms with van der Waals surface area (Å²) in [6.45, 7) is 0. The lowest BCUT2D eigenvalue weighted by Gasteiger charge is -2.04. The molecule has 98 valence electrons. The lowest BCUT2D eigenvalue weighted by atomic mass is 10.0. The van der Waals surface area contributed by atoms with Gasteiger partial charge in [0.25, 0.3) is 0 Å². The van der Waals surface area contributed by atoms with Gasteiger partial charge < -0.3 is 5.73 Å². The Morgan fingerprint density at radius 1 is 0.750 bits per heavy atom. The van der Waals surface area contributed by atoms with Crippen molar-refractivity contribution in [2.45, 2.75) is 6.42 Å². The van der Waals surface area contributed by atoms with Gasteiger partial charge in [-0.1, -0.05) is 54.6 Å². The molecule has 0 spiro atoms. The topological polar surface area (TPSA) is 51.8 Å². The maximum atomic E-state index is 5.58. The summed E-state index contributed by atoms with van der Waals surface area (Å²) in [7, 11) is 0. The number of nitrogen functional groups attached to an aromatic ring is 1. The quantitative estimate of drug-likeness (QED) is 0.787. The van der Waals surface area contributed by atoms with Crippen LogP contribution in [0.2, 0.25) is 0 Å². The second kappa shape index (κ2) is 5.53. The van der Waals surface area contributed by atoms with Crippen LogP contribution in [0.4, 0.5) is 5.69 Å². The van der Waals surface area contributed by atoms with Crippen molar-refractivity contribution in [2.75, 3.05) is 5.73 Å². The van der Waals surface area contributed by atoms with Crippen molar-refractivity contribution in [3.8, 4) is 11.1 Å². The highest BCUT2D eigenvalue weighted by molar-refractivity contribution is 5.63. The fraction of sp³-hybridized carbons (Fsp3) is 0.0588. The number of hydrogen-bond acceptors (Lipinski definition) is 3. The third-order valence-electron chi connectivity index (χ3n) is 3.15. The predicted octanol–water partition coefficient (Wildman–Crippen LogP) is 3.32. The minimum absolute atomic E-state index is 0.591. The Bertz CT molecular complexity index is 674. The summed E-state index contributed by atoms with van der Waals surface area (Å²) in [5, 5.41) is 0. The Balaban J connectivity index is 1.78. The lowest BCUT2D eigenvalue weighted by Crippen LogP contribution is -1.97. The highest BCUT2D eigenvalue weighted by atomic mass is 14.9. The summed E-state index contributed by atoms with van der Waals surface area (Å²) in [6, 6.07) is 18.8. The first-order valence-electron chi connectivity index (χ1n) is 6.52. The number of anilines is 1. The molecule has 3 heteroatoms. The molecule has 0 radical (unpaired) electrons. The standard InChI is InChI=1S/C17H15N3/c18-16-11-19-17(20-12-16)10-13-6-8-15(9-7-13)14-4-2-1-3-5-14/h1-9,11-12H,10,18H2. The molecule has 0 saturated heterocycles. The molecule has 3 aromatic rings. The zero-order chi connectivity index (χ0) is 13.8. The molecule has 0 aliphatic heterocycles. The Labute approximate surface area is 118 Å². The number of rotatable bonds is 3. The first kappa shape index (κ1) is 12.4. The molecule has 1 heterocycles. The van der Waals surface area contributed by atoms with E-state index in [1.807, 2.05) is 18.2 Å². The van der Waals surface area contributed by atoms with E-state index in [4.69, 9.17) is 5.73 Å². The molecule has 0 bridgehead atoms. The first-order chi connectivity index (χ1) is 9.81. The Kier molecular flexibility index (Phi) is 3.42. The Morgan fingerprint density at radius 2 is 1.35 bits per heavy atom. The summed E-state index contributed by atoms with van der Waals surface area (Å²) in [5.74, 6) is 0.784. The molecule has 1 aromatic heterocycles. The highest BCUT2D eigenvalue weighted by Gasteiger charge is 2.01. The van der Waals surface area contributed by atoms with Crippen molar-refractivity contribution in [3.05, 3.63) is 78.4 Å². The first-order valence-corrected chi connectivity index (χ1v) is 6.52. The second-order valence-corrected chi connectivity index (χ2v) is 4.67. The van der Waals surface area contributed by atoms with Gasteiger partial charge in [0.15, 0.2) is 0 Å². The van der Waals surface area contributed by atoms with E-state index < -0.39 is 0 Å². The Morgan fingerprint density at radius 3 is 2.00 bits per heavy atom. The molecule has 3 nitrogen and oxygen atoms in total. The molecule has 0 saturated carbocycles. The smallest absolute Gasteiger partial charge is 0.132 e. The van der Waals surface area contributed by atoms with Gasteiger partial charge >= 0.3 is 0 Å². The molecule has 2 N–H and O–H groups in total. The van der Waals surface area contributed by atoms with Crippen molar-refractivity contribution in [2.24, 2.45) is 0 Å². The van der Waals surface area contributed by atoms with Crippen LogP contribution in [0.3, 0.4) is 0 Å². The lowest BCUT2D eigenvalue weighted by molar-refractivity contribution is 0.971. The summed E-state index contributed by atoms with van der Waals surface area (Å²) in [6.07, 6.45) is 4.00. The molecule has 0 fully saturated rings. The van der Waals surface area contributed by atoms with Gasteiger partial charge in [0.1, 0.15) is 5.82 Å². The minimum Gasteiger partial charge on any atom is -0.396 e. The number of nitrogens with zero attached hydrogens (tertiary/aromatic N) is 2. The van der Waals surface area contributed by atoms with Crippen LogP contribution in [-0.4, -0.2) is 9.97 Å². The van der Waals surface area contributed by atoms with E-state index in [9.17, 15) is 0 Å². The number of benzene rings is 2. The van der Waals surface area contributed by atoms with Gasteiger partial charge in [-0.15, -0.1) is 0 Å². The van der Waals surface area contributed by atoms with Crippen LogP contribution >= 0.6 is 0 Å². The molecular formula is C17H15N3. The SMILES string of the molecule is Nc1cnc(Cc2ccc(-c3ccccc3)cc2)nc1. The summed E-state index contributed by atoms with van der Waals surface area (Å²) < 4.78 is 0. The molecule has 0 amide bonds. The van der Waals surface area contributed by atoms with Gasteiger partial charge in [0.2, 0.25) is 0 Å². The Hall–Kier alpha value is -2.68. The van der Waals surface area contributed by atoms with Gasteiger partial charge in [-0.3, -0.25) is 0 Å². The van der Waals surface area contributed by atoms with Crippen molar-refractivity contribution >= 4 is 5.69 Å². The van der Waals surface area contributed by atoms with Crippen LogP contribution in [0.1, 0.15) is 11.4 Å². The largest absolute Gasteiger partial charge is 0.396 e. The average Bonchev–Trinajstić information content (AvgIpc) is 2.51. The minimum atomic E-state index is 0.591. The van der Waals surface area contributed by atoms with Crippen molar-refractivity contribution in [1.82, 2.24) is 9.97 Å². The monoisotopic (exact) mass is 261 g/mol. The molecule has 0 unspecified atom stereocenters. The molecule has 0 aliphatic rings. The van der Waals surface area contributed by atoms with Crippen LogP contribution < -0.4 is 5.73 Å². The summed E-state index contributed by atoms with van der Waals surface area (Å²) >= 11 is 0. The van der Waals surface area contributed by atoms with Gasteiger partial charge in [-0.25, -0.2) is 9.97 Å². The highest BCUT2D eigenvalue weighted by Crippen LogP contribution is 2.19. The molecule has 3 rings (SSSR count). The molecule has 2 aromatic carbocycles. The van der Waals surface area contributed by atoms with E-state index in [2.05, 4.69) is 46.4 Å². The fourth-order valence-corrected chi connectivity index (χ4v) is 2.08. The van der Waals surface area contributed by atoms with Gasteiger partial charge in [-0.05, 0) is 16.7 Å². The van der Waals surface area contributed by atoms with Gasteiger partial charge in [0.05, 0.1) is 18.1 Å². The average molecular weight is 261 g/mol. The van der Waals surface area contributed by atoms with E-state index in [0.717, 1.165) is 12.2 Å². The van der Waals surface area contributed by atoms with Gasteiger partial charge in [0, 0.05) is 6.42 Å². The normalized spacial score (nSPS) is 10.4. The molecule has 0 atom stereocenters. The summed E-state index contributed by atoms with van der Waals surface area (Å²) in [4.78, 5) is 8.44. The van der Waals surface area contributed by atoms with Gasteiger partial charge in [-0.2, -0.15) is 0 Å². The molecular weight excluding hydrogens is 246 g/mol. The fourth-order valence-electron chi connectivity index (χ4n) is 2.08.